The first-order valence-electron chi connectivity index (χ1n) is 8.80. The van der Waals surface area contributed by atoms with Crippen molar-refractivity contribution in [2.75, 3.05) is 13.7 Å². The largest absolute Gasteiger partial charge is 0.469 e. The molecule has 6 heteroatoms. The molecule has 144 valence electrons. The first-order chi connectivity index (χ1) is 11.4. The fourth-order valence-electron chi connectivity index (χ4n) is 2.82. The van der Waals surface area contributed by atoms with Crippen LogP contribution < -0.4 is 0 Å². The van der Waals surface area contributed by atoms with Crippen molar-refractivity contribution >= 4 is 12.1 Å². The van der Waals surface area contributed by atoms with Gasteiger partial charge in [0.05, 0.1) is 25.7 Å². The molecule has 1 amide bonds. The standard InChI is InChI=1S/C19H33NO5/c1-13(2)11-14(16(21)23-8)9-10-15-12-24-19(6,7)20(15)17(22)25-18(3,4)5/h9-10,13-15H,11-12H2,1-8H3/b10-9+/t14-,15+/m0/s1. The van der Waals surface area contributed by atoms with E-state index in [1.807, 2.05) is 46.8 Å². The topological polar surface area (TPSA) is 65.1 Å². The van der Waals surface area contributed by atoms with Crippen LogP contribution in [0.25, 0.3) is 0 Å². The molecule has 1 aliphatic rings. The highest BCUT2D eigenvalue weighted by Crippen LogP contribution is 2.30. The molecular weight excluding hydrogens is 322 g/mol. The summed E-state index contributed by atoms with van der Waals surface area (Å²) in [7, 11) is 1.39. The second kappa shape index (κ2) is 8.21. The Kier molecular flexibility index (Phi) is 7.06. The molecule has 0 spiro atoms. The average molecular weight is 355 g/mol. The SMILES string of the molecule is COC(=O)[C@@H](/C=C/[C@@H]1COC(C)(C)N1C(=O)OC(C)(C)C)CC(C)C. The van der Waals surface area contributed by atoms with E-state index in [2.05, 4.69) is 13.8 Å². The molecule has 0 aromatic carbocycles. The molecule has 0 aromatic rings. The van der Waals surface area contributed by atoms with Crippen molar-refractivity contribution in [1.29, 1.82) is 0 Å². The summed E-state index contributed by atoms with van der Waals surface area (Å²) in [6.45, 7) is 13.6. The summed E-state index contributed by atoms with van der Waals surface area (Å²) < 4.78 is 16.2. The van der Waals surface area contributed by atoms with Gasteiger partial charge in [-0.25, -0.2) is 4.79 Å². The summed E-state index contributed by atoms with van der Waals surface area (Å²) in [6, 6.07) is -0.288. The normalized spacial score (nSPS) is 21.6. The van der Waals surface area contributed by atoms with Crippen molar-refractivity contribution in [1.82, 2.24) is 4.90 Å². The molecule has 1 fully saturated rings. The fourth-order valence-corrected chi connectivity index (χ4v) is 2.82. The van der Waals surface area contributed by atoms with E-state index in [-0.39, 0.29) is 17.9 Å². The lowest BCUT2D eigenvalue weighted by Crippen LogP contribution is -2.49. The summed E-state index contributed by atoms with van der Waals surface area (Å²) in [5, 5.41) is 0. The molecule has 1 aliphatic heterocycles. The van der Waals surface area contributed by atoms with Gasteiger partial charge in [0.2, 0.25) is 0 Å². The van der Waals surface area contributed by atoms with Crippen LogP contribution >= 0.6 is 0 Å². The van der Waals surface area contributed by atoms with E-state index in [0.717, 1.165) is 0 Å². The summed E-state index contributed by atoms with van der Waals surface area (Å²) in [5.41, 5.74) is -1.35. The van der Waals surface area contributed by atoms with Crippen molar-refractivity contribution < 1.29 is 23.8 Å². The monoisotopic (exact) mass is 355 g/mol. The number of esters is 1. The molecule has 0 radical (unpaired) electrons. The number of nitrogens with zero attached hydrogens (tertiary/aromatic N) is 1. The van der Waals surface area contributed by atoms with E-state index < -0.39 is 17.4 Å². The van der Waals surface area contributed by atoms with Crippen LogP contribution in [-0.2, 0) is 19.0 Å². The number of ether oxygens (including phenoxy) is 3. The molecule has 2 atom stereocenters. The second-order valence-electron chi connectivity index (χ2n) is 8.32. The minimum atomic E-state index is -0.768. The van der Waals surface area contributed by atoms with E-state index in [9.17, 15) is 9.59 Å². The van der Waals surface area contributed by atoms with Crippen molar-refractivity contribution in [2.24, 2.45) is 11.8 Å². The third-order valence-corrected chi connectivity index (χ3v) is 3.90. The van der Waals surface area contributed by atoms with Gasteiger partial charge in [0.1, 0.15) is 11.3 Å². The molecule has 0 saturated carbocycles. The lowest BCUT2D eigenvalue weighted by molar-refractivity contribution is -0.144. The van der Waals surface area contributed by atoms with E-state index in [4.69, 9.17) is 14.2 Å². The van der Waals surface area contributed by atoms with Gasteiger partial charge in [-0.15, -0.1) is 0 Å². The van der Waals surface area contributed by atoms with Crippen LogP contribution in [0.1, 0.15) is 54.9 Å². The fraction of sp³-hybridized carbons (Fsp3) is 0.789. The zero-order valence-corrected chi connectivity index (χ0v) is 16.8. The van der Waals surface area contributed by atoms with Crippen LogP contribution in [0.5, 0.6) is 0 Å². The minimum Gasteiger partial charge on any atom is -0.469 e. The average Bonchev–Trinajstić information content (AvgIpc) is 2.75. The van der Waals surface area contributed by atoms with Crippen molar-refractivity contribution in [3.8, 4) is 0 Å². The third kappa shape index (κ3) is 6.34. The van der Waals surface area contributed by atoms with Crippen molar-refractivity contribution in [3.63, 3.8) is 0 Å². The van der Waals surface area contributed by atoms with Crippen molar-refractivity contribution in [2.45, 2.75) is 72.3 Å². The molecule has 0 aliphatic carbocycles. The molecule has 0 unspecified atom stereocenters. The first kappa shape index (κ1) is 21.5. The van der Waals surface area contributed by atoms with E-state index >= 15 is 0 Å². The molecule has 0 N–H and O–H groups in total. The predicted molar refractivity (Wildman–Crippen MR) is 96.0 cm³/mol. The summed E-state index contributed by atoms with van der Waals surface area (Å²) in [5.74, 6) is -0.256. The zero-order valence-electron chi connectivity index (χ0n) is 16.8. The summed E-state index contributed by atoms with van der Waals surface area (Å²) >= 11 is 0. The molecule has 1 saturated heterocycles. The van der Waals surface area contributed by atoms with Crippen LogP contribution in [0, 0.1) is 11.8 Å². The minimum absolute atomic E-state index is 0.271. The maximum atomic E-state index is 12.6. The summed E-state index contributed by atoms with van der Waals surface area (Å²) in [4.78, 5) is 26.2. The number of hydrogen-bond donors (Lipinski definition) is 0. The van der Waals surface area contributed by atoms with Gasteiger partial charge in [-0.1, -0.05) is 26.0 Å². The van der Waals surface area contributed by atoms with E-state index in [1.54, 1.807) is 4.90 Å². The van der Waals surface area contributed by atoms with Crippen LogP contribution in [-0.4, -0.2) is 48.0 Å². The maximum absolute atomic E-state index is 12.6. The number of rotatable bonds is 5. The molecule has 25 heavy (non-hydrogen) atoms. The quantitative estimate of drug-likeness (QED) is 0.555. The van der Waals surface area contributed by atoms with Crippen LogP contribution in [0.4, 0.5) is 4.79 Å². The molecule has 0 aromatic heterocycles. The number of carbonyl (C=O) groups is 2. The van der Waals surface area contributed by atoms with Gasteiger partial charge in [0.25, 0.3) is 0 Å². The Bertz CT molecular complexity index is 504. The lowest BCUT2D eigenvalue weighted by Gasteiger charge is -2.34. The smallest absolute Gasteiger partial charge is 0.413 e. The number of hydrogen-bond acceptors (Lipinski definition) is 5. The highest BCUT2D eigenvalue weighted by Gasteiger charge is 2.44. The maximum Gasteiger partial charge on any atom is 0.413 e. The first-order valence-corrected chi connectivity index (χ1v) is 8.80. The Labute approximate surface area is 151 Å². The predicted octanol–water partition coefficient (Wildman–Crippen LogP) is 3.75. The number of carbonyl (C=O) groups excluding carboxylic acids is 2. The lowest BCUT2D eigenvalue weighted by atomic mass is 9.96. The van der Waals surface area contributed by atoms with Gasteiger partial charge in [-0.05, 0) is 47.0 Å². The van der Waals surface area contributed by atoms with Crippen molar-refractivity contribution in [3.05, 3.63) is 12.2 Å². The molecule has 1 heterocycles. The van der Waals surface area contributed by atoms with Gasteiger partial charge in [0, 0.05) is 0 Å². The van der Waals surface area contributed by atoms with E-state index in [1.165, 1.54) is 7.11 Å². The van der Waals surface area contributed by atoms with Gasteiger partial charge in [-0.3, -0.25) is 9.69 Å². The Morgan fingerprint density at radius 2 is 1.92 bits per heavy atom. The Balaban J connectivity index is 2.96. The van der Waals surface area contributed by atoms with Gasteiger partial charge in [0.15, 0.2) is 0 Å². The zero-order chi connectivity index (χ0) is 19.4. The number of methoxy groups -OCH3 is 1. The van der Waals surface area contributed by atoms with Crippen LogP contribution in [0.2, 0.25) is 0 Å². The Morgan fingerprint density at radius 1 is 1.32 bits per heavy atom. The molecule has 0 bridgehead atoms. The summed E-state index contributed by atoms with van der Waals surface area (Å²) in [6.07, 6.45) is 3.93. The third-order valence-electron chi connectivity index (χ3n) is 3.90. The second-order valence-corrected chi connectivity index (χ2v) is 8.32. The van der Waals surface area contributed by atoms with E-state index in [0.29, 0.717) is 18.9 Å². The Hall–Kier alpha value is -1.56. The van der Waals surface area contributed by atoms with Gasteiger partial charge >= 0.3 is 12.1 Å². The highest BCUT2D eigenvalue weighted by molar-refractivity contribution is 5.74. The highest BCUT2D eigenvalue weighted by atomic mass is 16.6. The number of amides is 1. The van der Waals surface area contributed by atoms with Crippen LogP contribution in [0.15, 0.2) is 12.2 Å². The molecular formula is C19H33NO5. The molecule has 6 nitrogen and oxygen atoms in total. The van der Waals surface area contributed by atoms with Gasteiger partial charge < -0.3 is 14.2 Å². The van der Waals surface area contributed by atoms with Crippen LogP contribution in [0.3, 0.4) is 0 Å². The Morgan fingerprint density at radius 3 is 2.40 bits per heavy atom. The molecule has 1 rings (SSSR count). The van der Waals surface area contributed by atoms with Gasteiger partial charge in [-0.2, -0.15) is 0 Å².